The second-order valence-electron chi connectivity index (χ2n) is 5.54. The zero-order valence-electron chi connectivity index (χ0n) is 12.6. The van der Waals surface area contributed by atoms with Gasteiger partial charge in [-0.2, -0.15) is 0 Å². The molecule has 1 aromatic heterocycles. The minimum Gasteiger partial charge on any atom is -0.488 e. The molecule has 5 heteroatoms. The van der Waals surface area contributed by atoms with Crippen LogP contribution in [0, 0.1) is 5.92 Å². The van der Waals surface area contributed by atoms with Crippen molar-refractivity contribution >= 4 is 17.2 Å². The number of thiophene rings is 1. The summed E-state index contributed by atoms with van der Waals surface area (Å²) in [6.45, 7) is 0.626. The van der Waals surface area contributed by atoms with Crippen molar-refractivity contribution in [1.82, 2.24) is 5.32 Å². The molecule has 0 radical (unpaired) electrons. The fourth-order valence-corrected chi connectivity index (χ4v) is 3.16. The zero-order chi connectivity index (χ0) is 16.1. The van der Waals surface area contributed by atoms with Gasteiger partial charge in [-0.3, -0.25) is 4.79 Å². The number of carbonyl (C=O) groups excluding carboxylic acids is 1. The summed E-state index contributed by atoms with van der Waals surface area (Å²) >= 11 is 1.64. The van der Waals surface area contributed by atoms with Crippen LogP contribution in [0.1, 0.15) is 21.7 Å². The molecule has 1 heterocycles. The number of carbonyl (C=O) groups is 1. The van der Waals surface area contributed by atoms with E-state index in [-0.39, 0.29) is 24.5 Å². The number of hydrogen-bond acceptors (Lipinski definition) is 4. The molecule has 0 unspecified atom stereocenters. The Kier molecular flexibility index (Phi) is 5.10. The van der Waals surface area contributed by atoms with Crippen molar-refractivity contribution in [3.63, 3.8) is 0 Å². The van der Waals surface area contributed by atoms with Gasteiger partial charge in [-0.15, -0.1) is 11.3 Å². The van der Waals surface area contributed by atoms with Gasteiger partial charge in [0.25, 0.3) is 5.91 Å². The molecule has 1 aliphatic carbocycles. The zero-order valence-corrected chi connectivity index (χ0v) is 13.5. The molecule has 2 atom stereocenters. The molecule has 0 saturated carbocycles. The summed E-state index contributed by atoms with van der Waals surface area (Å²) in [4.78, 5) is 13.5. The smallest absolute Gasteiger partial charge is 0.251 e. The predicted octanol–water partition coefficient (Wildman–Crippen LogP) is 2.99. The van der Waals surface area contributed by atoms with Crippen molar-refractivity contribution < 1.29 is 14.6 Å². The third-order valence-corrected chi connectivity index (χ3v) is 4.63. The fraction of sp³-hybridized carbons (Fsp3) is 0.278. The highest BCUT2D eigenvalue weighted by Crippen LogP contribution is 2.19. The average Bonchev–Trinajstić information content (AvgIpc) is 3.24. The molecular formula is C18H19NO3S. The third-order valence-electron chi connectivity index (χ3n) is 3.78. The monoisotopic (exact) mass is 329 g/mol. The molecule has 2 N–H and O–H groups in total. The molecule has 2 aromatic rings. The van der Waals surface area contributed by atoms with Gasteiger partial charge in [-0.25, -0.2) is 0 Å². The van der Waals surface area contributed by atoms with E-state index in [4.69, 9.17) is 9.84 Å². The summed E-state index contributed by atoms with van der Waals surface area (Å²) in [6, 6.07) is 11.2. The van der Waals surface area contributed by atoms with E-state index >= 15 is 0 Å². The SMILES string of the molecule is O=C(N[C@@H]1C=C[C@H](CO)C1)c1cccc(OCc2cccs2)c1. The molecule has 0 fully saturated rings. The maximum Gasteiger partial charge on any atom is 0.251 e. The Labute approximate surface area is 139 Å². The Morgan fingerprint density at radius 1 is 1.30 bits per heavy atom. The second-order valence-corrected chi connectivity index (χ2v) is 6.57. The van der Waals surface area contributed by atoms with Crippen LogP contribution in [-0.2, 0) is 6.61 Å². The number of nitrogens with one attached hydrogen (secondary N) is 1. The number of aliphatic hydroxyl groups excluding tert-OH is 1. The van der Waals surface area contributed by atoms with E-state index in [1.165, 1.54) is 0 Å². The minimum atomic E-state index is -0.125. The Morgan fingerprint density at radius 3 is 2.96 bits per heavy atom. The number of benzene rings is 1. The molecule has 1 aliphatic rings. The first-order chi connectivity index (χ1) is 11.2. The van der Waals surface area contributed by atoms with E-state index in [0.717, 1.165) is 11.3 Å². The van der Waals surface area contributed by atoms with E-state index in [1.807, 2.05) is 41.8 Å². The van der Waals surface area contributed by atoms with E-state index < -0.39 is 0 Å². The second kappa shape index (κ2) is 7.44. The molecule has 1 amide bonds. The Morgan fingerprint density at radius 2 is 2.22 bits per heavy atom. The summed E-state index contributed by atoms with van der Waals surface area (Å²) in [5.74, 6) is 0.696. The molecule has 0 aliphatic heterocycles. The maximum atomic E-state index is 12.3. The highest BCUT2D eigenvalue weighted by atomic mass is 32.1. The van der Waals surface area contributed by atoms with Crippen LogP contribution in [0.5, 0.6) is 5.75 Å². The van der Waals surface area contributed by atoms with Crippen molar-refractivity contribution in [3.8, 4) is 5.75 Å². The number of rotatable bonds is 6. The summed E-state index contributed by atoms with van der Waals surface area (Å²) in [7, 11) is 0. The van der Waals surface area contributed by atoms with Gasteiger partial charge in [0, 0.05) is 29.0 Å². The van der Waals surface area contributed by atoms with Gasteiger partial charge in [-0.05, 0) is 36.1 Å². The highest BCUT2D eigenvalue weighted by molar-refractivity contribution is 7.09. The van der Waals surface area contributed by atoms with Crippen molar-refractivity contribution in [2.24, 2.45) is 5.92 Å². The summed E-state index contributed by atoms with van der Waals surface area (Å²) in [6.07, 6.45) is 4.64. The van der Waals surface area contributed by atoms with Crippen LogP contribution in [0.25, 0.3) is 0 Å². The van der Waals surface area contributed by atoms with Gasteiger partial charge in [0.05, 0.1) is 0 Å². The first-order valence-electron chi connectivity index (χ1n) is 7.60. The van der Waals surface area contributed by atoms with Crippen molar-refractivity contribution in [2.75, 3.05) is 6.61 Å². The minimum absolute atomic E-state index is 0.0182. The van der Waals surface area contributed by atoms with Gasteiger partial charge < -0.3 is 15.2 Å². The molecule has 120 valence electrons. The molecular weight excluding hydrogens is 310 g/mol. The summed E-state index contributed by atoms with van der Waals surface area (Å²) < 4.78 is 5.73. The number of hydrogen-bond donors (Lipinski definition) is 2. The Bertz CT molecular complexity index is 681. The number of ether oxygens (including phenoxy) is 1. The van der Waals surface area contributed by atoms with Gasteiger partial charge >= 0.3 is 0 Å². The lowest BCUT2D eigenvalue weighted by molar-refractivity contribution is 0.0940. The molecule has 0 saturated heterocycles. The molecule has 3 rings (SSSR count). The molecule has 0 bridgehead atoms. The topological polar surface area (TPSA) is 58.6 Å². The van der Waals surface area contributed by atoms with Gasteiger partial charge in [0.1, 0.15) is 12.4 Å². The molecule has 0 spiro atoms. The van der Waals surface area contributed by atoms with E-state index in [1.54, 1.807) is 23.5 Å². The first-order valence-corrected chi connectivity index (χ1v) is 8.48. The highest BCUT2D eigenvalue weighted by Gasteiger charge is 2.20. The largest absolute Gasteiger partial charge is 0.488 e. The van der Waals surface area contributed by atoms with Crippen LogP contribution in [0.3, 0.4) is 0 Å². The van der Waals surface area contributed by atoms with E-state index in [0.29, 0.717) is 17.9 Å². The predicted molar refractivity (Wildman–Crippen MR) is 90.7 cm³/mol. The summed E-state index contributed by atoms with van der Waals surface area (Å²) in [5.41, 5.74) is 0.578. The standard InChI is InChI=1S/C18H19NO3S/c20-11-13-6-7-15(9-13)19-18(21)14-3-1-4-16(10-14)22-12-17-5-2-8-23-17/h1-8,10,13,15,20H,9,11-12H2,(H,19,21)/t13-,15+/m0/s1. The number of aliphatic hydroxyl groups is 1. The van der Waals surface area contributed by atoms with Crippen LogP contribution >= 0.6 is 11.3 Å². The third kappa shape index (κ3) is 4.21. The van der Waals surface area contributed by atoms with Crippen LogP contribution in [0.2, 0.25) is 0 Å². The Balaban J connectivity index is 1.58. The molecule has 4 nitrogen and oxygen atoms in total. The van der Waals surface area contributed by atoms with Crippen LogP contribution in [0.15, 0.2) is 53.9 Å². The average molecular weight is 329 g/mol. The lowest BCUT2D eigenvalue weighted by atomic mass is 10.1. The van der Waals surface area contributed by atoms with Crippen LogP contribution < -0.4 is 10.1 Å². The van der Waals surface area contributed by atoms with Crippen molar-refractivity contribution in [3.05, 3.63) is 64.4 Å². The van der Waals surface area contributed by atoms with Gasteiger partial charge in [0.15, 0.2) is 0 Å². The van der Waals surface area contributed by atoms with Gasteiger partial charge in [0.2, 0.25) is 0 Å². The lowest BCUT2D eigenvalue weighted by Crippen LogP contribution is -2.32. The first kappa shape index (κ1) is 15.8. The molecule has 23 heavy (non-hydrogen) atoms. The fourth-order valence-electron chi connectivity index (χ4n) is 2.54. The summed E-state index contributed by atoms with van der Waals surface area (Å²) in [5, 5.41) is 14.1. The quantitative estimate of drug-likeness (QED) is 0.801. The van der Waals surface area contributed by atoms with E-state index in [2.05, 4.69) is 5.32 Å². The van der Waals surface area contributed by atoms with E-state index in [9.17, 15) is 4.79 Å². The van der Waals surface area contributed by atoms with Crippen LogP contribution in [-0.4, -0.2) is 23.7 Å². The van der Waals surface area contributed by atoms with Crippen molar-refractivity contribution in [2.45, 2.75) is 19.1 Å². The Hall–Kier alpha value is -2.11. The number of amides is 1. The van der Waals surface area contributed by atoms with Crippen molar-refractivity contribution in [1.29, 1.82) is 0 Å². The lowest BCUT2D eigenvalue weighted by Gasteiger charge is -2.13. The normalized spacial score (nSPS) is 19.7. The van der Waals surface area contributed by atoms with Gasteiger partial charge in [-0.1, -0.05) is 24.3 Å². The maximum absolute atomic E-state index is 12.3. The van der Waals surface area contributed by atoms with Crippen LogP contribution in [0.4, 0.5) is 0 Å². The molecule has 1 aromatic carbocycles.